The van der Waals surface area contributed by atoms with Gasteiger partial charge in [-0.3, -0.25) is 9.48 Å². The Morgan fingerprint density at radius 3 is 2.48 bits per heavy atom. The molecule has 0 bridgehead atoms. The van der Waals surface area contributed by atoms with Gasteiger partial charge in [0.15, 0.2) is 5.60 Å². The van der Waals surface area contributed by atoms with E-state index in [4.69, 9.17) is 0 Å². The summed E-state index contributed by atoms with van der Waals surface area (Å²) in [5, 5.41) is 16.3. The van der Waals surface area contributed by atoms with Gasteiger partial charge in [0.25, 0.3) is 5.91 Å². The average molecular weight is 327 g/mol. The number of halogens is 3. The van der Waals surface area contributed by atoms with Crippen molar-refractivity contribution in [3.8, 4) is 0 Å². The Bertz CT molecular complexity index is 670. The van der Waals surface area contributed by atoms with E-state index in [1.807, 2.05) is 0 Å². The summed E-state index contributed by atoms with van der Waals surface area (Å²) in [4.78, 5) is 11.8. The topological polar surface area (TPSA) is 67.2 Å². The molecule has 0 aliphatic heterocycles. The molecule has 1 amide bonds. The van der Waals surface area contributed by atoms with Crippen molar-refractivity contribution in [3.05, 3.63) is 53.9 Å². The van der Waals surface area contributed by atoms with Crippen LogP contribution in [0.3, 0.4) is 0 Å². The number of benzene rings is 1. The van der Waals surface area contributed by atoms with Gasteiger partial charge < -0.3 is 10.4 Å². The second-order valence-electron chi connectivity index (χ2n) is 5.13. The van der Waals surface area contributed by atoms with Crippen molar-refractivity contribution in [1.29, 1.82) is 0 Å². The Hall–Kier alpha value is -2.35. The van der Waals surface area contributed by atoms with E-state index in [1.165, 1.54) is 41.3 Å². The lowest BCUT2D eigenvalue weighted by molar-refractivity contribution is -0.268. The largest absolute Gasteiger partial charge is 0.421 e. The average Bonchev–Trinajstić information content (AvgIpc) is 2.93. The molecular weight excluding hydrogens is 311 g/mol. The number of hydrogen-bond acceptors (Lipinski definition) is 3. The molecule has 5 nitrogen and oxygen atoms in total. The number of carbonyl (C=O) groups is 1. The molecule has 1 atom stereocenters. The maximum Gasteiger partial charge on any atom is 0.421 e. The number of amides is 1. The van der Waals surface area contributed by atoms with Gasteiger partial charge in [-0.1, -0.05) is 30.3 Å². The Morgan fingerprint density at radius 1 is 1.30 bits per heavy atom. The number of aliphatic hydroxyl groups is 1. The molecule has 0 radical (unpaired) electrons. The summed E-state index contributed by atoms with van der Waals surface area (Å²) in [5.74, 6) is -0.546. The number of aromatic nitrogens is 2. The van der Waals surface area contributed by atoms with Crippen LogP contribution in [0.25, 0.3) is 0 Å². The molecule has 2 aromatic rings. The number of hydrogen-bond donors (Lipinski definition) is 2. The normalized spacial score (nSPS) is 14.3. The Balaban J connectivity index is 2.07. The van der Waals surface area contributed by atoms with Crippen molar-refractivity contribution in [2.24, 2.45) is 7.05 Å². The summed E-state index contributed by atoms with van der Waals surface area (Å²) in [5.41, 5.74) is -3.04. The first-order valence-electron chi connectivity index (χ1n) is 6.85. The molecule has 0 aliphatic rings. The molecule has 2 N–H and O–H groups in total. The summed E-state index contributed by atoms with van der Waals surface area (Å²) >= 11 is 0. The van der Waals surface area contributed by atoms with Crippen LogP contribution in [-0.4, -0.2) is 33.5 Å². The standard InChI is InChI=1S/C15H16F3N3O2/c1-21-10-11(9-20-21)13(22)19-8-7-14(23,15(16,17)18)12-5-3-2-4-6-12/h2-6,9-10,23H,7-8H2,1H3,(H,19,22)/t14-/m1/s1. The van der Waals surface area contributed by atoms with Crippen LogP contribution in [0.15, 0.2) is 42.7 Å². The highest BCUT2D eigenvalue weighted by Gasteiger charge is 2.54. The lowest BCUT2D eigenvalue weighted by Gasteiger charge is -2.31. The van der Waals surface area contributed by atoms with Crippen LogP contribution in [0.2, 0.25) is 0 Å². The SMILES string of the molecule is Cn1cc(C(=O)NCC[C@@](O)(c2ccccc2)C(F)(F)F)cn1. The molecule has 1 aromatic heterocycles. The number of alkyl halides is 3. The highest BCUT2D eigenvalue weighted by Crippen LogP contribution is 2.41. The van der Waals surface area contributed by atoms with Crippen LogP contribution >= 0.6 is 0 Å². The predicted molar refractivity (Wildman–Crippen MR) is 76.6 cm³/mol. The molecule has 1 heterocycles. The third kappa shape index (κ3) is 3.70. The molecular formula is C15H16F3N3O2. The smallest absolute Gasteiger partial charge is 0.376 e. The third-order valence-electron chi connectivity index (χ3n) is 3.46. The zero-order chi connectivity index (χ0) is 17.1. The van der Waals surface area contributed by atoms with Gasteiger partial charge in [-0.15, -0.1) is 0 Å². The lowest BCUT2D eigenvalue weighted by atomic mass is 9.89. The van der Waals surface area contributed by atoms with Crippen LogP contribution in [0, 0.1) is 0 Å². The van der Waals surface area contributed by atoms with E-state index in [9.17, 15) is 23.1 Å². The second-order valence-corrected chi connectivity index (χ2v) is 5.13. The molecule has 0 fully saturated rings. The van der Waals surface area contributed by atoms with Crippen molar-refractivity contribution < 1.29 is 23.1 Å². The highest BCUT2D eigenvalue weighted by atomic mass is 19.4. The molecule has 0 spiro atoms. The first-order chi connectivity index (χ1) is 10.7. The quantitative estimate of drug-likeness (QED) is 0.882. The summed E-state index contributed by atoms with van der Waals surface area (Å²) in [6.07, 6.45) is -2.79. The molecule has 1 aromatic carbocycles. The number of aryl methyl sites for hydroxylation is 1. The molecule has 124 valence electrons. The summed E-state index contributed by atoms with van der Waals surface area (Å²) in [6.45, 7) is -0.335. The van der Waals surface area contributed by atoms with Crippen LogP contribution < -0.4 is 5.32 Å². The van der Waals surface area contributed by atoms with E-state index in [0.717, 1.165) is 0 Å². The van der Waals surface area contributed by atoms with Crippen LogP contribution in [0.4, 0.5) is 13.2 Å². The van der Waals surface area contributed by atoms with Gasteiger partial charge in [-0.2, -0.15) is 18.3 Å². The van der Waals surface area contributed by atoms with Crippen LogP contribution in [-0.2, 0) is 12.6 Å². The van der Waals surface area contributed by atoms with Crippen molar-refractivity contribution in [1.82, 2.24) is 15.1 Å². The predicted octanol–water partition coefficient (Wildman–Crippen LogP) is 1.99. The van der Waals surface area contributed by atoms with Crippen molar-refractivity contribution in [2.45, 2.75) is 18.2 Å². The minimum Gasteiger partial charge on any atom is -0.376 e. The first kappa shape index (κ1) is 17.0. The Kier molecular flexibility index (Phi) is 4.74. The zero-order valence-electron chi connectivity index (χ0n) is 12.3. The lowest BCUT2D eigenvalue weighted by Crippen LogP contribution is -2.45. The monoisotopic (exact) mass is 327 g/mol. The number of nitrogens with zero attached hydrogens (tertiary/aromatic N) is 2. The van der Waals surface area contributed by atoms with E-state index < -0.39 is 24.1 Å². The molecule has 0 saturated heterocycles. The second kappa shape index (κ2) is 6.41. The van der Waals surface area contributed by atoms with Gasteiger partial charge in [-0.25, -0.2) is 0 Å². The van der Waals surface area contributed by atoms with Crippen molar-refractivity contribution in [3.63, 3.8) is 0 Å². The maximum absolute atomic E-state index is 13.3. The van der Waals surface area contributed by atoms with E-state index in [0.29, 0.717) is 0 Å². The zero-order valence-corrected chi connectivity index (χ0v) is 12.3. The van der Waals surface area contributed by atoms with Crippen LogP contribution in [0.5, 0.6) is 0 Å². The molecule has 0 unspecified atom stereocenters. The fraction of sp³-hybridized carbons (Fsp3) is 0.333. The van der Waals surface area contributed by atoms with E-state index in [1.54, 1.807) is 13.1 Å². The molecule has 0 aliphatic carbocycles. The van der Waals surface area contributed by atoms with Gasteiger partial charge in [-0.05, 0) is 5.56 Å². The Morgan fingerprint density at radius 2 is 1.96 bits per heavy atom. The number of rotatable bonds is 5. The van der Waals surface area contributed by atoms with Crippen LogP contribution in [0.1, 0.15) is 22.3 Å². The van der Waals surface area contributed by atoms with Crippen molar-refractivity contribution >= 4 is 5.91 Å². The highest BCUT2D eigenvalue weighted by molar-refractivity contribution is 5.93. The van der Waals surface area contributed by atoms with Gasteiger partial charge in [0.2, 0.25) is 0 Å². The fourth-order valence-electron chi connectivity index (χ4n) is 2.16. The summed E-state index contributed by atoms with van der Waals surface area (Å²) in [6, 6.07) is 6.80. The minimum absolute atomic E-state index is 0.239. The van der Waals surface area contributed by atoms with E-state index in [-0.39, 0.29) is 17.7 Å². The van der Waals surface area contributed by atoms with Gasteiger partial charge >= 0.3 is 6.18 Å². The molecule has 8 heteroatoms. The summed E-state index contributed by atoms with van der Waals surface area (Å²) < 4.78 is 41.2. The molecule has 0 saturated carbocycles. The fourth-order valence-corrected chi connectivity index (χ4v) is 2.16. The minimum atomic E-state index is -4.85. The first-order valence-corrected chi connectivity index (χ1v) is 6.85. The van der Waals surface area contributed by atoms with Gasteiger partial charge in [0.05, 0.1) is 11.8 Å². The Labute approximate surface area is 130 Å². The third-order valence-corrected chi connectivity index (χ3v) is 3.46. The van der Waals surface area contributed by atoms with Gasteiger partial charge in [0.1, 0.15) is 0 Å². The number of carbonyl (C=O) groups excluding carboxylic acids is 1. The van der Waals surface area contributed by atoms with E-state index in [2.05, 4.69) is 10.4 Å². The van der Waals surface area contributed by atoms with Crippen molar-refractivity contribution in [2.75, 3.05) is 6.54 Å². The van der Waals surface area contributed by atoms with E-state index >= 15 is 0 Å². The molecule has 2 rings (SSSR count). The van der Waals surface area contributed by atoms with Gasteiger partial charge in [0, 0.05) is 26.2 Å². The maximum atomic E-state index is 13.3. The summed E-state index contributed by atoms with van der Waals surface area (Å²) in [7, 11) is 1.62. The number of nitrogens with one attached hydrogen (secondary N) is 1. The molecule has 23 heavy (non-hydrogen) atoms.